The minimum Gasteiger partial charge on any atom is -0.385 e. The van der Waals surface area contributed by atoms with Crippen molar-refractivity contribution in [2.24, 2.45) is 5.92 Å². The molecule has 2 aromatic heterocycles. The molecular weight excluding hydrogens is 324 g/mol. The van der Waals surface area contributed by atoms with Crippen molar-refractivity contribution in [2.45, 2.75) is 26.7 Å². The van der Waals surface area contributed by atoms with Gasteiger partial charge in [-0.05, 0) is 42.5 Å². The van der Waals surface area contributed by atoms with Crippen LogP contribution >= 0.6 is 0 Å². The molecule has 0 aliphatic carbocycles. The summed E-state index contributed by atoms with van der Waals surface area (Å²) in [6.07, 6.45) is 5.55. The number of hydrogen-bond donors (Lipinski definition) is 3. The highest BCUT2D eigenvalue weighted by molar-refractivity contribution is 5.93. The van der Waals surface area contributed by atoms with Gasteiger partial charge < -0.3 is 15.6 Å². The van der Waals surface area contributed by atoms with Crippen molar-refractivity contribution in [3.63, 3.8) is 0 Å². The van der Waals surface area contributed by atoms with Crippen LogP contribution in [0.4, 0.5) is 5.69 Å². The van der Waals surface area contributed by atoms with E-state index in [4.69, 9.17) is 0 Å². The molecule has 136 valence electrons. The summed E-state index contributed by atoms with van der Waals surface area (Å²) in [5.41, 5.74) is 3.70. The minimum absolute atomic E-state index is 0.141. The fourth-order valence-corrected chi connectivity index (χ4v) is 2.91. The molecule has 0 saturated heterocycles. The molecule has 0 fully saturated rings. The van der Waals surface area contributed by atoms with E-state index in [0.29, 0.717) is 18.2 Å². The fraction of sp³-hybridized carbons (Fsp3) is 0.333. The number of nitrogens with zero attached hydrogens (tertiary/aromatic N) is 1. The number of nitrogens with one attached hydrogen (secondary N) is 3. The van der Waals surface area contributed by atoms with E-state index >= 15 is 0 Å². The van der Waals surface area contributed by atoms with Crippen LogP contribution in [0.5, 0.6) is 0 Å². The zero-order valence-electron chi connectivity index (χ0n) is 15.4. The zero-order valence-corrected chi connectivity index (χ0v) is 15.4. The number of carbonyl (C=O) groups excluding carboxylic acids is 1. The van der Waals surface area contributed by atoms with Crippen LogP contribution in [0.15, 0.2) is 48.8 Å². The van der Waals surface area contributed by atoms with Crippen LogP contribution in [0, 0.1) is 5.92 Å². The number of aromatic nitrogens is 2. The number of carbonyl (C=O) groups is 1. The van der Waals surface area contributed by atoms with E-state index in [-0.39, 0.29) is 5.91 Å². The van der Waals surface area contributed by atoms with Gasteiger partial charge in [0.25, 0.3) is 5.91 Å². The molecule has 0 aliphatic heterocycles. The monoisotopic (exact) mass is 350 g/mol. The highest BCUT2D eigenvalue weighted by Crippen LogP contribution is 2.17. The summed E-state index contributed by atoms with van der Waals surface area (Å²) in [4.78, 5) is 19.8. The number of anilines is 1. The molecule has 0 spiro atoms. The second kappa shape index (κ2) is 8.52. The average Bonchev–Trinajstić information content (AvgIpc) is 3.05. The maximum absolute atomic E-state index is 12.4. The zero-order chi connectivity index (χ0) is 18.4. The number of pyridine rings is 1. The predicted molar refractivity (Wildman–Crippen MR) is 107 cm³/mol. The van der Waals surface area contributed by atoms with Gasteiger partial charge in [0, 0.05) is 42.1 Å². The van der Waals surface area contributed by atoms with Gasteiger partial charge in [-0.2, -0.15) is 0 Å². The Balaban J connectivity index is 1.53. The molecule has 1 amide bonds. The summed E-state index contributed by atoms with van der Waals surface area (Å²) in [5, 5.41) is 7.51. The van der Waals surface area contributed by atoms with Crippen molar-refractivity contribution in [3.05, 3.63) is 60.0 Å². The van der Waals surface area contributed by atoms with Gasteiger partial charge in [-0.15, -0.1) is 0 Å². The van der Waals surface area contributed by atoms with Gasteiger partial charge in [0.05, 0.1) is 0 Å². The highest BCUT2D eigenvalue weighted by atomic mass is 16.1. The Morgan fingerprint density at radius 2 is 2.04 bits per heavy atom. The van der Waals surface area contributed by atoms with Gasteiger partial charge in [-0.1, -0.05) is 32.0 Å². The largest absolute Gasteiger partial charge is 0.385 e. The lowest BCUT2D eigenvalue weighted by molar-refractivity contribution is 0.0949. The first-order chi connectivity index (χ1) is 12.6. The second-order valence-electron chi connectivity index (χ2n) is 6.90. The number of benzene rings is 1. The summed E-state index contributed by atoms with van der Waals surface area (Å²) < 4.78 is 0. The molecule has 0 aliphatic rings. The van der Waals surface area contributed by atoms with Crippen molar-refractivity contribution in [1.29, 1.82) is 0 Å². The lowest BCUT2D eigenvalue weighted by Crippen LogP contribution is -2.26. The van der Waals surface area contributed by atoms with E-state index in [1.807, 2.05) is 24.4 Å². The first-order valence-corrected chi connectivity index (χ1v) is 9.16. The summed E-state index contributed by atoms with van der Waals surface area (Å²) >= 11 is 0. The summed E-state index contributed by atoms with van der Waals surface area (Å²) in [6, 6.07) is 11.9. The quantitative estimate of drug-likeness (QED) is 0.575. The van der Waals surface area contributed by atoms with Gasteiger partial charge in [-0.25, -0.2) is 0 Å². The van der Waals surface area contributed by atoms with Crippen LogP contribution in [-0.4, -0.2) is 29.0 Å². The Morgan fingerprint density at radius 1 is 1.19 bits per heavy atom. The van der Waals surface area contributed by atoms with E-state index < -0.39 is 0 Å². The van der Waals surface area contributed by atoms with E-state index in [1.165, 1.54) is 10.9 Å². The molecule has 2 heterocycles. The third kappa shape index (κ3) is 4.63. The number of hydrogen-bond acceptors (Lipinski definition) is 3. The molecule has 1 aromatic carbocycles. The van der Waals surface area contributed by atoms with E-state index in [1.54, 1.807) is 12.3 Å². The minimum atomic E-state index is -0.141. The van der Waals surface area contributed by atoms with Gasteiger partial charge >= 0.3 is 0 Å². The SMILES string of the molecule is CC(C)CCNc1ccnc(C(=O)NCCc2c[nH]c3ccccc23)c1. The van der Waals surface area contributed by atoms with Gasteiger partial charge in [0.1, 0.15) is 5.69 Å². The molecule has 0 bridgehead atoms. The van der Waals surface area contributed by atoms with Crippen molar-refractivity contribution < 1.29 is 4.79 Å². The Morgan fingerprint density at radius 3 is 2.88 bits per heavy atom. The Bertz CT molecular complexity index is 869. The number of para-hydroxylation sites is 1. The van der Waals surface area contributed by atoms with E-state index in [0.717, 1.165) is 30.6 Å². The number of rotatable bonds is 8. The molecule has 3 rings (SSSR count). The van der Waals surface area contributed by atoms with Gasteiger partial charge in [0.2, 0.25) is 0 Å². The van der Waals surface area contributed by atoms with Crippen LogP contribution in [-0.2, 0) is 6.42 Å². The number of H-pyrrole nitrogens is 1. The second-order valence-corrected chi connectivity index (χ2v) is 6.90. The van der Waals surface area contributed by atoms with Crippen LogP contribution < -0.4 is 10.6 Å². The lowest BCUT2D eigenvalue weighted by Gasteiger charge is -2.09. The fourth-order valence-electron chi connectivity index (χ4n) is 2.91. The molecule has 0 saturated carbocycles. The van der Waals surface area contributed by atoms with E-state index in [2.05, 4.69) is 46.6 Å². The maximum atomic E-state index is 12.4. The Labute approximate surface area is 154 Å². The topological polar surface area (TPSA) is 69.8 Å². The maximum Gasteiger partial charge on any atom is 0.269 e. The Kier molecular flexibility index (Phi) is 5.89. The molecule has 0 radical (unpaired) electrons. The van der Waals surface area contributed by atoms with E-state index in [9.17, 15) is 4.79 Å². The molecule has 5 heteroatoms. The van der Waals surface area contributed by atoms with Crippen molar-refractivity contribution in [3.8, 4) is 0 Å². The van der Waals surface area contributed by atoms with Gasteiger partial charge in [-0.3, -0.25) is 9.78 Å². The highest BCUT2D eigenvalue weighted by Gasteiger charge is 2.09. The first-order valence-electron chi connectivity index (χ1n) is 9.16. The predicted octanol–water partition coefficient (Wildman–Crippen LogP) is 3.99. The number of fused-ring (bicyclic) bond motifs is 1. The van der Waals surface area contributed by atoms with Crippen LogP contribution in [0.2, 0.25) is 0 Å². The average molecular weight is 350 g/mol. The third-order valence-corrected chi connectivity index (χ3v) is 4.40. The smallest absolute Gasteiger partial charge is 0.269 e. The van der Waals surface area contributed by atoms with Crippen molar-refractivity contribution in [2.75, 3.05) is 18.4 Å². The Hall–Kier alpha value is -2.82. The third-order valence-electron chi connectivity index (χ3n) is 4.40. The lowest BCUT2D eigenvalue weighted by atomic mass is 10.1. The van der Waals surface area contributed by atoms with Gasteiger partial charge in [0.15, 0.2) is 0 Å². The molecule has 26 heavy (non-hydrogen) atoms. The molecule has 3 N–H and O–H groups in total. The molecule has 0 atom stereocenters. The molecule has 0 unspecified atom stereocenters. The molecular formula is C21H26N4O. The van der Waals surface area contributed by atoms with Crippen LogP contribution in [0.1, 0.15) is 36.3 Å². The van der Waals surface area contributed by atoms with Crippen LogP contribution in [0.25, 0.3) is 10.9 Å². The number of amides is 1. The summed E-state index contributed by atoms with van der Waals surface area (Å²) in [5.74, 6) is 0.508. The standard InChI is InChI=1S/C21H26N4O/c1-15(2)7-10-22-17-9-12-23-20(13-17)21(26)24-11-8-16-14-25-19-6-4-3-5-18(16)19/h3-6,9,12-15,25H,7-8,10-11H2,1-2H3,(H,22,23)(H,24,26). The number of aromatic amines is 1. The molecule has 5 nitrogen and oxygen atoms in total. The normalized spacial score (nSPS) is 11.0. The van der Waals surface area contributed by atoms with Crippen LogP contribution in [0.3, 0.4) is 0 Å². The van der Waals surface area contributed by atoms with Crippen molar-refractivity contribution >= 4 is 22.5 Å². The summed E-state index contributed by atoms with van der Waals surface area (Å²) in [6.45, 7) is 5.86. The van der Waals surface area contributed by atoms with Crippen molar-refractivity contribution in [1.82, 2.24) is 15.3 Å². The summed E-state index contributed by atoms with van der Waals surface area (Å²) in [7, 11) is 0. The molecule has 3 aromatic rings. The first kappa shape index (κ1) is 18.0.